The number of hydrogen-bond acceptors (Lipinski definition) is 9. The van der Waals surface area contributed by atoms with Crippen LogP contribution >= 0.6 is 0 Å². The average molecular weight is 768 g/mol. The van der Waals surface area contributed by atoms with E-state index in [2.05, 4.69) is 119 Å². The molecule has 0 N–H and O–H groups in total. The molecule has 58 heavy (non-hydrogen) atoms. The van der Waals surface area contributed by atoms with Crippen molar-refractivity contribution in [1.82, 2.24) is 44.9 Å². The molecule has 0 aliphatic rings. The van der Waals surface area contributed by atoms with Crippen LogP contribution in [0.4, 0.5) is 0 Å². The van der Waals surface area contributed by atoms with E-state index < -0.39 is 0 Å². The lowest BCUT2D eigenvalue weighted by Gasteiger charge is -2.22. The second-order valence-corrected chi connectivity index (χ2v) is 19.0. The van der Waals surface area contributed by atoms with Crippen LogP contribution < -0.4 is 0 Å². The van der Waals surface area contributed by atoms with Crippen LogP contribution in [0.25, 0.3) is 68.1 Å². The first-order chi connectivity index (χ1) is 27.2. The van der Waals surface area contributed by atoms with Gasteiger partial charge in [-0.05, 0) is 29.3 Å². The molecule has 0 fully saturated rings. The molecule has 9 nitrogen and oxygen atoms in total. The summed E-state index contributed by atoms with van der Waals surface area (Å²) in [6, 6.07) is 34.8. The van der Waals surface area contributed by atoms with Gasteiger partial charge in [0, 0.05) is 49.5 Å². The summed E-state index contributed by atoms with van der Waals surface area (Å²) in [6.45, 7) is 25.5. The highest BCUT2D eigenvalue weighted by Gasteiger charge is 2.27. The maximum absolute atomic E-state index is 5.16. The Morgan fingerprint density at radius 3 is 1.07 bits per heavy atom. The van der Waals surface area contributed by atoms with Crippen LogP contribution in [0.2, 0.25) is 0 Å². The van der Waals surface area contributed by atoms with Crippen LogP contribution in [-0.2, 0) is 21.7 Å². The van der Waals surface area contributed by atoms with E-state index in [9.17, 15) is 0 Å². The van der Waals surface area contributed by atoms with Gasteiger partial charge in [0.1, 0.15) is 23.3 Å². The summed E-state index contributed by atoms with van der Waals surface area (Å²) in [6.07, 6.45) is 0. The standard InChI is InChI=1S/C49H53N9/c1-46(2,3)42-53-38(32-24-19-25-33(28-32)40-55-44(48(7,8)9)58-45(56-40)49(10,11)12)50-39(54-42)34-26-27-35(36(29-34)30-20-15-13-16-21-30)41-51-37(31-22-17-14-18-23-31)52-43(57-41)47(4,5)6/h13-29H,1-12H3. The summed E-state index contributed by atoms with van der Waals surface area (Å²) in [5, 5.41) is 0. The third kappa shape index (κ3) is 8.74. The Kier molecular flexibility index (Phi) is 10.4. The summed E-state index contributed by atoms with van der Waals surface area (Å²) in [5.41, 5.74) is 5.21. The van der Waals surface area contributed by atoms with E-state index >= 15 is 0 Å². The fourth-order valence-electron chi connectivity index (χ4n) is 6.23. The lowest BCUT2D eigenvalue weighted by Crippen LogP contribution is -2.24. The SMILES string of the molecule is CC(C)(C)c1nc(-c2cccc(-c3nc(C(C)(C)C)nc(C(C)(C)C)n3)c2)nc(-c2ccc(-c3nc(-c4ccccc4)nc(C(C)(C)C)n3)c(-c3ccccc3)c2)n1. The van der Waals surface area contributed by atoms with Crippen LogP contribution in [0, 0.1) is 0 Å². The molecule has 0 aliphatic heterocycles. The van der Waals surface area contributed by atoms with Crippen LogP contribution in [0.5, 0.6) is 0 Å². The number of aromatic nitrogens is 9. The molecule has 7 rings (SSSR count). The van der Waals surface area contributed by atoms with Crippen LogP contribution in [0.3, 0.4) is 0 Å². The Hall–Kier alpha value is -6.09. The molecule has 0 spiro atoms. The predicted molar refractivity (Wildman–Crippen MR) is 234 cm³/mol. The summed E-state index contributed by atoms with van der Waals surface area (Å²) < 4.78 is 0. The molecule has 4 aromatic carbocycles. The molecule has 0 aliphatic carbocycles. The molecule has 0 atom stereocenters. The number of nitrogens with zero attached hydrogens (tertiary/aromatic N) is 9. The van der Waals surface area contributed by atoms with Gasteiger partial charge in [-0.2, -0.15) is 0 Å². The van der Waals surface area contributed by atoms with Crippen molar-refractivity contribution in [2.75, 3.05) is 0 Å². The second kappa shape index (κ2) is 15.0. The third-order valence-corrected chi connectivity index (χ3v) is 9.60. The number of benzene rings is 4. The molecule has 3 heterocycles. The third-order valence-electron chi connectivity index (χ3n) is 9.60. The van der Waals surface area contributed by atoms with Gasteiger partial charge in [-0.15, -0.1) is 0 Å². The van der Waals surface area contributed by atoms with Gasteiger partial charge in [-0.3, -0.25) is 0 Å². The molecule has 7 aromatic rings. The smallest absolute Gasteiger partial charge is 0.164 e. The average Bonchev–Trinajstić information content (AvgIpc) is 3.19. The fourth-order valence-corrected chi connectivity index (χ4v) is 6.23. The molecule has 0 radical (unpaired) electrons. The van der Waals surface area contributed by atoms with Crippen LogP contribution in [0.1, 0.15) is 106 Å². The van der Waals surface area contributed by atoms with Gasteiger partial charge < -0.3 is 0 Å². The van der Waals surface area contributed by atoms with Crippen molar-refractivity contribution in [3.8, 4) is 68.1 Å². The van der Waals surface area contributed by atoms with Crippen molar-refractivity contribution in [1.29, 1.82) is 0 Å². The van der Waals surface area contributed by atoms with Gasteiger partial charge in [0.05, 0.1) is 0 Å². The van der Waals surface area contributed by atoms with Gasteiger partial charge in [0.15, 0.2) is 29.1 Å². The minimum atomic E-state index is -0.355. The van der Waals surface area contributed by atoms with E-state index in [1.807, 2.05) is 66.7 Å². The highest BCUT2D eigenvalue weighted by atomic mass is 15.1. The van der Waals surface area contributed by atoms with Crippen LogP contribution in [0.15, 0.2) is 103 Å². The van der Waals surface area contributed by atoms with Gasteiger partial charge in [-0.1, -0.05) is 168 Å². The summed E-state index contributed by atoms with van der Waals surface area (Å²) >= 11 is 0. The van der Waals surface area contributed by atoms with E-state index in [4.69, 9.17) is 44.9 Å². The molecule has 294 valence electrons. The molecule has 0 unspecified atom stereocenters. The van der Waals surface area contributed by atoms with Gasteiger partial charge in [0.2, 0.25) is 0 Å². The minimum Gasteiger partial charge on any atom is -0.217 e. The molecule has 0 bridgehead atoms. The van der Waals surface area contributed by atoms with Gasteiger partial charge in [0.25, 0.3) is 0 Å². The van der Waals surface area contributed by atoms with Crippen molar-refractivity contribution < 1.29 is 0 Å². The summed E-state index contributed by atoms with van der Waals surface area (Å²) in [5.74, 6) is 5.94. The molecular weight excluding hydrogens is 715 g/mol. The highest BCUT2D eigenvalue weighted by molar-refractivity contribution is 5.84. The second-order valence-electron chi connectivity index (χ2n) is 19.0. The number of hydrogen-bond donors (Lipinski definition) is 0. The Balaban J connectivity index is 1.39. The van der Waals surface area contributed by atoms with Crippen molar-refractivity contribution in [2.45, 2.75) is 105 Å². The highest BCUT2D eigenvalue weighted by Crippen LogP contribution is 2.37. The molecular formula is C49H53N9. The Bertz CT molecular complexity index is 2560. The van der Waals surface area contributed by atoms with Crippen molar-refractivity contribution in [3.05, 3.63) is 126 Å². The van der Waals surface area contributed by atoms with E-state index in [0.717, 1.165) is 56.4 Å². The van der Waals surface area contributed by atoms with Gasteiger partial charge in [-0.25, -0.2) is 44.9 Å². The summed E-state index contributed by atoms with van der Waals surface area (Å²) in [7, 11) is 0. The first kappa shape index (κ1) is 40.1. The molecule has 9 heteroatoms. The number of rotatable bonds is 6. The first-order valence-corrected chi connectivity index (χ1v) is 19.9. The molecule has 0 saturated carbocycles. The van der Waals surface area contributed by atoms with E-state index in [-0.39, 0.29) is 21.7 Å². The normalized spacial score (nSPS) is 12.5. The molecule has 0 saturated heterocycles. The van der Waals surface area contributed by atoms with Crippen LogP contribution in [-0.4, -0.2) is 44.9 Å². The Morgan fingerprint density at radius 1 is 0.259 bits per heavy atom. The van der Waals surface area contributed by atoms with E-state index in [1.165, 1.54) is 0 Å². The Labute approximate surface area is 343 Å². The monoisotopic (exact) mass is 767 g/mol. The maximum Gasteiger partial charge on any atom is 0.164 e. The predicted octanol–water partition coefficient (Wildman–Crippen LogP) is 11.4. The lowest BCUT2D eigenvalue weighted by atomic mass is 9.93. The zero-order chi connectivity index (χ0) is 41.6. The Morgan fingerprint density at radius 2 is 0.603 bits per heavy atom. The minimum absolute atomic E-state index is 0.253. The molecule has 0 amide bonds. The first-order valence-electron chi connectivity index (χ1n) is 19.9. The fraction of sp³-hybridized carbons (Fsp3) is 0.327. The van der Waals surface area contributed by atoms with Gasteiger partial charge >= 0.3 is 0 Å². The summed E-state index contributed by atoms with van der Waals surface area (Å²) in [4.78, 5) is 45.2. The lowest BCUT2D eigenvalue weighted by molar-refractivity contribution is 0.497. The van der Waals surface area contributed by atoms with Crippen molar-refractivity contribution >= 4 is 0 Å². The van der Waals surface area contributed by atoms with Crippen molar-refractivity contribution in [3.63, 3.8) is 0 Å². The topological polar surface area (TPSA) is 116 Å². The van der Waals surface area contributed by atoms with E-state index in [1.54, 1.807) is 0 Å². The largest absolute Gasteiger partial charge is 0.217 e. The maximum atomic E-state index is 5.16. The molecule has 3 aromatic heterocycles. The van der Waals surface area contributed by atoms with E-state index in [0.29, 0.717) is 34.9 Å². The van der Waals surface area contributed by atoms with Crippen molar-refractivity contribution in [2.24, 2.45) is 0 Å². The quantitative estimate of drug-likeness (QED) is 0.163. The zero-order valence-electron chi connectivity index (χ0n) is 35.8. The zero-order valence-corrected chi connectivity index (χ0v) is 35.8.